The molecule has 0 saturated carbocycles. The van der Waals surface area contributed by atoms with E-state index in [0.29, 0.717) is 23.4 Å². The van der Waals surface area contributed by atoms with Crippen LogP contribution in [-0.2, 0) is 26.1 Å². The molecule has 22 heavy (non-hydrogen) atoms. The van der Waals surface area contributed by atoms with Crippen LogP contribution in [0.3, 0.4) is 0 Å². The van der Waals surface area contributed by atoms with Crippen molar-refractivity contribution in [2.24, 2.45) is 0 Å². The van der Waals surface area contributed by atoms with Gasteiger partial charge in [0.2, 0.25) is 0 Å². The molecule has 0 aromatic heterocycles. The summed E-state index contributed by atoms with van der Waals surface area (Å²) in [6.07, 6.45) is 0.0925. The van der Waals surface area contributed by atoms with Crippen molar-refractivity contribution in [2.45, 2.75) is 18.2 Å². The zero-order valence-corrected chi connectivity index (χ0v) is 13.0. The first-order chi connectivity index (χ1) is 10.3. The van der Waals surface area contributed by atoms with Gasteiger partial charge in [0.05, 0.1) is 4.90 Å². The van der Waals surface area contributed by atoms with Crippen molar-refractivity contribution in [2.75, 3.05) is 25.1 Å². The van der Waals surface area contributed by atoms with Crippen LogP contribution in [0.4, 0.5) is 5.69 Å². The van der Waals surface area contributed by atoms with Gasteiger partial charge in [-0.1, -0.05) is 6.58 Å². The normalized spacial score (nSPS) is 11.0. The van der Waals surface area contributed by atoms with Crippen LogP contribution in [0.5, 0.6) is 0 Å². The number of aliphatic hydroxyl groups is 1. The summed E-state index contributed by atoms with van der Waals surface area (Å²) in [7, 11) is -4.34. The molecule has 0 saturated heterocycles. The highest BCUT2D eigenvalue weighted by atomic mass is 32.2. The standard InChI is InChI=1S/C14H19NO6S/c1-10(2)14(17)21-8-6-15-12-3-4-13(22(18,19)20)11(9-12)5-7-16/h3-4,9,15-16H,1,5-8H2,2H3,(H,18,19,20). The Balaban J connectivity index is 2.71. The van der Waals surface area contributed by atoms with Crippen LogP contribution in [0.15, 0.2) is 35.2 Å². The number of aliphatic hydroxyl groups excluding tert-OH is 1. The molecule has 0 fully saturated rings. The molecule has 0 unspecified atom stereocenters. The molecule has 1 rings (SSSR count). The molecule has 0 aliphatic carbocycles. The van der Waals surface area contributed by atoms with Gasteiger partial charge in [-0.3, -0.25) is 4.55 Å². The second-order valence-corrected chi connectivity index (χ2v) is 6.00. The van der Waals surface area contributed by atoms with Crippen molar-refractivity contribution in [3.05, 3.63) is 35.9 Å². The Kier molecular flexibility index (Phi) is 6.54. The van der Waals surface area contributed by atoms with E-state index in [0.717, 1.165) is 0 Å². The summed E-state index contributed by atoms with van der Waals surface area (Å²) >= 11 is 0. The van der Waals surface area contributed by atoms with Crippen LogP contribution >= 0.6 is 0 Å². The molecule has 122 valence electrons. The lowest BCUT2D eigenvalue weighted by atomic mass is 10.1. The average Bonchev–Trinajstić information content (AvgIpc) is 2.42. The lowest BCUT2D eigenvalue weighted by Gasteiger charge is -2.11. The average molecular weight is 329 g/mol. The maximum Gasteiger partial charge on any atom is 0.333 e. The largest absolute Gasteiger partial charge is 0.460 e. The number of anilines is 1. The number of ether oxygens (including phenoxy) is 1. The van der Waals surface area contributed by atoms with E-state index in [9.17, 15) is 13.2 Å². The highest BCUT2D eigenvalue weighted by molar-refractivity contribution is 7.85. The zero-order chi connectivity index (χ0) is 16.8. The Labute approximate surface area is 129 Å². The van der Waals surface area contributed by atoms with Crippen molar-refractivity contribution < 1.29 is 27.6 Å². The minimum Gasteiger partial charge on any atom is -0.460 e. The van der Waals surface area contributed by atoms with Crippen molar-refractivity contribution >= 4 is 21.8 Å². The molecule has 0 bridgehead atoms. The van der Waals surface area contributed by atoms with E-state index in [-0.39, 0.29) is 24.5 Å². The summed E-state index contributed by atoms with van der Waals surface area (Å²) in [6.45, 7) is 5.20. The van der Waals surface area contributed by atoms with Crippen molar-refractivity contribution in [3.63, 3.8) is 0 Å². The Morgan fingerprint density at radius 2 is 2.09 bits per heavy atom. The molecule has 0 heterocycles. The highest BCUT2D eigenvalue weighted by Crippen LogP contribution is 2.20. The van der Waals surface area contributed by atoms with E-state index in [1.54, 1.807) is 6.92 Å². The molecule has 0 spiro atoms. The molecule has 0 radical (unpaired) electrons. The maximum atomic E-state index is 11.2. The van der Waals surface area contributed by atoms with Gasteiger partial charge in [-0.25, -0.2) is 4.79 Å². The quantitative estimate of drug-likeness (QED) is 0.282. The third-order valence-corrected chi connectivity index (χ3v) is 3.69. The van der Waals surface area contributed by atoms with Crippen LogP contribution < -0.4 is 5.32 Å². The molecular formula is C14H19NO6S. The molecule has 0 aliphatic heterocycles. The number of rotatable bonds is 8. The summed E-state index contributed by atoms with van der Waals surface area (Å²) < 4.78 is 36.5. The van der Waals surface area contributed by atoms with Crippen LogP contribution in [-0.4, -0.2) is 43.8 Å². The molecule has 0 aliphatic rings. The molecular weight excluding hydrogens is 310 g/mol. The number of carbonyl (C=O) groups is 1. The molecule has 7 nitrogen and oxygen atoms in total. The lowest BCUT2D eigenvalue weighted by molar-refractivity contribution is -0.138. The van der Waals surface area contributed by atoms with Crippen LogP contribution in [0, 0.1) is 0 Å². The predicted octanol–water partition coefficient (Wildman–Crippen LogP) is 0.999. The number of hydrogen-bond acceptors (Lipinski definition) is 6. The van der Waals surface area contributed by atoms with Gasteiger partial charge in [0.25, 0.3) is 10.1 Å². The smallest absolute Gasteiger partial charge is 0.333 e. The third kappa shape index (κ3) is 5.47. The predicted molar refractivity (Wildman–Crippen MR) is 81.3 cm³/mol. The Morgan fingerprint density at radius 3 is 2.64 bits per heavy atom. The summed E-state index contributed by atoms with van der Waals surface area (Å²) in [5.41, 5.74) is 1.19. The van der Waals surface area contributed by atoms with Gasteiger partial charge >= 0.3 is 5.97 Å². The number of nitrogens with one attached hydrogen (secondary N) is 1. The first-order valence-electron chi connectivity index (χ1n) is 6.53. The molecule has 1 aromatic carbocycles. The van der Waals surface area contributed by atoms with Crippen LogP contribution in [0.1, 0.15) is 12.5 Å². The second kappa shape index (κ2) is 7.92. The van der Waals surface area contributed by atoms with Gasteiger partial charge in [-0.05, 0) is 37.1 Å². The van der Waals surface area contributed by atoms with Crippen LogP contribution in [0.2, 0.25) is 0 Å². The number of hydrogen-bond donors (Lipinski definition) is 3. The molecule has 1 aromatic rings. The molecule has 0 atom stereocenters. The number of esters is 1. The molecule has 0 amide bonds. The summed E-state index contributed by atoms with van der Waals surface area (Å²) in [6, 6.07) is 4.24. The fraction of sp³-hybridized carbons (Fsp3) is 0.357. The zero-order valence-electron chi connectivity index (χ0n) is 12.2. The van der Waals surface area contributed by atoms with E-state index < -0.39 is 16.1 Å². The summed E-state index contributed by atoms with van der Waals surface area (Å²) in [5.74, 6) is -0.482. The molecule has 8 heteroatoms. The fourth-order valence-electron chi connectivity index (χ4n) is 1.72. The number of carbonyl (C=O) groups excluding carboxylic acids is 1. The highest BCUT2D eigenvalue weighted by Gasteiger charge is 2.15. The van der Waals surface area contributed by atoms with Gasteiger partial charge < -0.3 is 15.2 Å². The monoisotopic (exact) mass is 329 g/mol. The van der Waals surface area contributed by atoms with Crippen LogP contribution in [0.25, 0.3) is 0 Å². The van der Waals surface area contributed by atoms with Crippen molar-refractivity contribution in [3.8, 4) is 0 Å². The Bertz CT molecular complexity index is 653. The summed E-state index contributed by atoms with van der Waals surface area (Å²) in [4.78, 5) is 10.9. The Morgan fingerprint density at radius 1 is 1.41 bits per heavy atom. The minimum absolute atomic E-state index is 0.0925. The molecule has 3 N–H and O–H groups in total. The topological polar surface area (TPSA) is 113 Å². The minimum atomic E-state index is -4.34. The second-order valence-electron chi connectivity index (χ2n) is 4.61. The van der Waals surface area contributed by atoms with Gasteiger partial charge in [-0.2, -0.15) is 8.42 Å². The first-order valence-corrected chi connectivity index (χ1v) is 7.97. The number of benzene rings is 1. The van der Waals surface area contributed by atoms with Gasteiger partial charge in [0.1, 0.15) is 6.61 Å². The van der Waals surface area contributed by atoms with Gasteiger partial charge in [0, 0.05) is 24.4 Å². The SMILES string of the molecule is C=C(C)C(=O)OCCNc1ccc(S(=O)(=O)O)c(CCO)c1. The van der Waals surface area contributed by atoms with Crippen molar-refractivity contribution in [1.82, 2.24) is 0 Å². The van der Waals surface area contributed by atoms with E-state index in [2.05, 4.69) is 11.9 Å². The van der Waals surface area contributed by atoms with E-state index in [4.69, 9.17) is 14.4 Å². The van der Waals surface area contributed by atoms with Gasteiger partial charge in [0.15, 0.2) is 0 Å². The fourth-order valence-corrected chi connectivity index (χ4v) is 2.45. The summed E-state index contributed by atoms with van der Waals surface area (Å²) in [5, 5.41) is 11.9. The Hall–Kier alpha value is -1.90. The first kappa shape index (κ1) is 18.1. The third-order valence-electron chi connectivity index (χ3n) is 2.73. The van der Waals surface area contributed by atoms with E-state index in [1.165, 1.54) is 18.2 Å². The maximum absolute atomic E-state index is 11.2. The van der Waals surface area contributed by atoms with Gasteiger partial charge in [-0.15, -0.1) is 0 Å². The van der Waals surface area contributed by atoms with E-state index in [1.807, 2.05) is 0 Å². The van der Waals surface area contributed by atoms with E-state index >= 15 is 0 Å². The lowest BCUT2D eigenvalue weighted by Crippen LogP contribution is -2.14. The van der Waals surface area contributed by atoms with Crippen molar-refractivity contribution in [1.29, 1.82) is 0 Å².